The van der Waals surface area contributed by atoms with Crippen molar-refractivity contribution in [3.63, 3.8) is 0 Å². The van der Waals surface area contributed by atoms with E-state index in [1.807, 2.05) is 60.5 Å². The molecule has 1 fully saturated rings. The first-order valence-corrected chi connectivity index (χ1v) is 14.6. The van der Waals surface area contributed by atoms with Gasteiger partial charge in [0.25, 0.3) is 5.91 Å². The molecule has 0 aliphatic carbocycles. The number of H-pyrrole nitrogens is 1. The lowest BCUT2D eigenvalue weighted by Gasteiger charge is -2.28. The zero-order valence-electron chi connectivity index (χ0n) is 24.4. The van der Waals surface area contributed by atoms with Crippen LogP contribution in [0.25, 0.3) is 5.76 Å². The number of hydrogen-bond donors (Lipinski definition) is 1. The molecule has 1 amide bonds. The molecule has 1 aromatic heterocycles. The molecule has 2 aliphatic rings. The van der Waals surface area contributed by atoms with Gasteiger partial charge in [0.1, 0.15) is 32.2 Å². The number of nitrogens with one attached hydrogen (secondary N) is 1. The molecule has 3 aromatic carbocycles. The summed E-state index contributed by atoms with van der Waals surface area (Å²) in [5, 5.41) is 14.0. The van der Waals surface area contributed by atoms with E-state index < -0.39 is 23.5 Å². The Morgan fingerprint density at radius 3 is 2.59 bits per heavy atom. The molecule has 0 bridgehead atoms. The number of aromatic amines is 1. The predicted molar refractivity (Wildman–Crippen MR) is 158 cm³/mol. The highest BCUT2D eigenvalue weighted by molar-refractivity contribution is 6.46. The van der Waals surface area contributed by atoms with Crippen LogP contribution >= 0.6 is 0 Å². The normalized spacial score (nSPS) is 17.1. The molecule has 1 saturated heterocycles. The Labute approximate surface area is 255 Å². The van der Waals surface area contributed by atoms with E-state index in [9.17, 15) is 14.7 Å². The lowest BCUT2D eigenvalue weighted by Crippen LogP contribution is -2.36. The van der Waals surface area contributed by atoms with E-state index in [0.717, 1.165) is 5.56 Å². The number of hydrogen-bond acceptors (Lipinski definition) is 7. The number of Topliss-reactive ketones (excluding diaryl/α,β-unsaturated/α-hetero) is 1. The number of aryl methyl sites for hydroxylation is 1. The minimum atomic E-state index is -0.908. The number of benzene rings is 3. The second kappa shape index (κ2) is 12.9. The molecule has 0 saturated carbocycles. The van der Waals surface area contributed by atoms with E-state index >= 15 is 0 Å². The fourth-order valence-corrected chi connectivity index (χ4v) is 5.49. The Bertz CT molecular complexity index is 1670. The summed E-state index contributed by atoms with van der Waals surface area (Å²) in [4.78, 5) is 31.5. The van der Waals surface area contributed by atoms with Gasteiger partial charge in [-0.1, -0.05) is 48.2 Å². The number of rotatable bonds is 11. The fourth-order valence-electron chi connectivity index (χ4n) is 5.49. The Morgan fingerprint density at radius 2 is 1.82 bits per heavy atom. The van der Waals surface area contributed by atoms with Crippen LogP contribution in [0.5, 0.6) is 23.0 Å². The van der Waals surface area contributed by atoms with Crippen LogP contribution in [-0.4, -0.2) is 47.9 Å². The van der Waals surface area contributed by atoms with Gasteiger partial charge in [-0.25, -0.2) is 4.57 Å². The van der Waals surface area contributed by atoms with Crippen LogP contribution < -0.4 is 28.6 Å². The van der Waals surface area contributed by atoms with E-state index in [1.54, 1.807) is 36.4 Å². The zero-order valence-corrected chi connectivity index (χ0v) is 24.4. The average Bonchev–Trinajstić information content (AvgIpc) is 3.66. The van der Waals surface area contributed by atoms with Gasteiger partial charge in [0.15, 0.2) is 23.0 Å². The Hall–Kier alpha value is -5.25. The Morgan fingerprint density at radius 1 is 1.00 bits per heavy atom. The summed E-state index contributed by atoms with van der Waals surface area (Å²) >= 11 is 0. The smallest absolute Gasteiger partial charge is 0.295 e. The number of ketones is 1. The van der Waals surface area contributed by atoms with Gasteiger partial charge in [-0.3, -0.25) is 14.6 Å². The first kappa shape index (κ1) is 28.9. The minimum absolute atomic E-state index is 0.110. The van der Waals surface area contributed by atoms with E-state index in [0.29, 0.717) is 68.0 Å². The molecule has 1 unspecified atom stereocenters. The summed E-state index contributed by atoms with van der Waals surface area (Å²) in [6.07, 6.45) is 6.09. The molecule has 3 heterocycles. The highest BCUT2D eigenvalue weighted by Crippen LogP contribution is 2.42. The summed E-state index contributed by atoms with van der Waals surface area (Å²) < 4.78 is 25.3. The summed E-state index contributed by atoms with van der Waals surface area (Å²) in [6, 6.07) is 19.0. The van der Waals surface area contributed by atoms with Crippen molar-refractivity contribution in [1.82, 2.24) is 9.88 Å². The number of likely N-dealkylation sites (tertiary alicyclic amines) is 1. The van der Waals surface area contributed by atoms with Crippen LogP contribution in [-0.2, 0) is 22.7 Å². The number of ether oxygens (including phenoxy) is 4. The molecule has 2 aliphatic heterocycles. The summed E-state index contributed by atoms with van der Waals surface area (Å²) in [5.41, 5.74) is 1.71. The SMILES string of the molecule is CCOc1cc(C2C(=C([O-])c3ccc4c(c3)OCCO4)C(=O)C(=O)N2CCC[n+]2cc[nH]c2)ccc1OCc1ccccc1. The fraction of sp³-hybridized carbons (Fsp3) is 0.265. The third kappa shape index (κ3) is 5.96. The molecule has 0 radical (unpaired) electrons. The molecule has 0 spiro atoms. The quantitative estimate of drug-likeness (QED) is 0.122. The third-order valence-electron chi connectivity index (χ3n) is 7.57. The average molecular weight is 596 g/mol. The minimum Gasteiger partial charge on any atom is -0.872 e. The Kier molecular flexibility index (Phi) is 8.49. The van der Waals surface area contributed by atoms with Crippen molar-refractivity contribution in [1.29, 1.82) is 0 Å². The maximum absolute atomic E-state index is 14.0. The number of imidazole rings is 1. The van der Waals surface area contributed by atoms with Crippen molar-refractivity contribution in [2.45, 2.75) is 32.5 Å². The van der Waals surface area contributed by atoms with Crippen molar-refractivity contribution in [3.05, 3.63) is 108 Å². The number of fused-ring (bicyclic) bond motifs is 1. The highest BCUT2D eigenvalue weighted by Gasteiger charge is 2.44. The molecule has 6 rings (SSSR count). The van der Waals surface area contributed by atoms with Gasteiger partial charge < -0.3 is 29.0 Å². The largest absolute Gasteiger partial charge is 0.872 e. The third-order valence-corrected chi connectivity index (χ3v) is 7.57. The number of carbonyl (C=O) groups excluding carboxylic acids is 2. The molecular weight excluding hydrogens is 562 g/mol. The number of carbonyl (C=O) groups is 2. The summed E-state index contributed by atoms with van der Waals surface area (Å²) in [5.74, 6) is -0.125. The molecule has 10 heteroatoms. The molecule has 4 aromatic rings. The van der Waals surface area contributed by atoms with E-state index in [4.69, 9.17) is 18.9 Å². The topological polar surface area (TPSA) is 117 Å². The first-order chi connectivity index (χ1) is 21.5. The van der Waals surface area contributed by atoms with Crippen LogP contribution in [0.15, 0.2) is 91.0 Å². The lowest BCUT2D eigenvalue weighted by molar-refractivity contribution is -0.695. The van der Waals surface area contributed by atoms with Gasteiger partial charge in [-0.2, -0.15) is 0 Å². The van der Waals surface area contributed by atoms with Gasteiger partial charge in [0.2, 0.25) is 12.1 Å². The predicted octanol–water partition coefficient (Wildman–Crippen LogP) is 3.37. The van der Waals surface area contributed by atoms with Gasteiger partial charge in [-0.15, -0.1) is 0 Å². The number of aromatic nitrogens is 2. The Balaban J connectivity index is 1.37. The highest BCUT2D eigenvalue weighted by atomic mass is 16.6. The molecule has 1 atom stereocenters. The van der Waals surface area contributed by atoms with E-state index in [-0.39, 0.29) is 17.7 Å². The van der Waals surface area contributed by atoms with Crippen molar-refractivity contribution in [3.8, 4) is 23.0 Å². The standard InChI is InChI=1S/C34H33N3O7/c1-2-41-28-19-24(9-11-27(28)44-21-23-7-4-3-5-8-23)31-30(32(38)25-10-12-26-29(20-25)43-18-17-42-26)33(39)34(40)37(31)15-6-14-36-16-13-35-22-36/h3-5,7-13,16,19-20,22,31H,2,6,14-15,17-18,21H2,1H3,(H,38,39). The van der Waals surface area contributed by atoms with Crippen LogP contribution in [0, 0.1) is 0 Å². The van der Waals surface area contributed by atoms with E-state index in [2.05, 4.69) is 4.98 Å². The molecule has 1 N–H and O–H groups in total. The second-order valence-electron chi connectivity index (χ2n) is 10.4. The molecule has 44 heavy (non-hydrogen) atoms. The lowest BCUT2D eigenvalue weighted by atomic mass is 9.94. The van der Waals surface area contributed by atoms with Crippen molar-refractivity contribution in [2.24, 2.45) is 0 Å². The van der Waals surface area contributed by atoms with Crippen LogP contribution in [0.2, 0.25) is 0 Å². The number of amides is 1. The zero-order chi connectivity index (χ0) is 30.5. The van der Waals surface area contributed by atoms with Gasteiger partial charge in [0.05, 0.1) is 19.2 Å². The number of nitrogens with zero attached hydrogens (tertiary/aromatic N) is 2. The summed E-state index contributed by atoms with van der Waals surface area (Å²) in [7, 11) is 0. The second-order valence-corrected chi connectivity index (χ2v) is 10.4. The maximum atomic E-state index is 14.0. The van der Waals surface area contributed by atoms with Gasteiger partial charge in [0, 0.05) is 18.5 Å². The van der Waals surface area contributed by atoms with Crippen molar-refractivity contribution < 1.29 is 38.2 Å². The van der Waals surface area contributed by atoms with Crippen LogP contribution in [0.1, 0.15) is 36.1 Å². The van der Waals surface area contributed by atoms with Crippen molar-refractivity contribution >= 4 is 17.4 Å². The summed E-state index contributed by atoms with van der Waals surface area (Å²) in [6.45, 7) is 4.23. The van der Waals surface area contributed by atoms with Crippen LogP contribution in [0.3, 0.4) is 0 Å². The monoisotopic (exact) mass is 595 g/mol. The van der Waals surface area contributed by atoms with Crippen molar-refractivity contribution in [2.75, 3.05) is 26.4 Å². The van der Waals surface area contributed by atoms with Gasteiger partial charge in [-0.05, 0) is 47.9 Å². The van der Waals surface area contributed by atoms with Crippen LogP contribution in [0.4, 0.5) is 0 Å². The molecule has 226 valence electrons. The van der Waals surface area contributed by atoms with Gasteiger partial charge >= 0.3 is 0 Å². The maximum Gasteiger partial charge on any atom is 0.295 e. The first-order valence-electron chi connectivity index (χ1n) is 14.6. The van der Waals surface area contributed by atoms with E-state index in [1.165, 1.54) is 4.90 Å². The molecular formula is C34H33N3O7. The molecule has 10 nitrogen and oxygen atoms in total.